The molecule has 0 unspecified atom stereocenters. The van der Waals surface area contributed by atoms with Crippen LogP contribution in [0.2, 0.25) is 0 Å². The average molecular weight is 662 g/mol. The zero-order valence-electron chi connectivity index (χ0n) is 27.7. The first-order valence-corrected chi connectivity index (χ1v) is 16.6. The lowest BCUT2D eigenvalue weighted by Gasteiger charge is -2.44. The summed E-state index contributed by atoms with van der Waals surface area (Å²) in [6.45, 7) is 3.53. The molecule has 254 valence electrons. The molecular formula is C40H43N3O6. The number of likely N-dealkylation sites (tertiary alicyclic amines) is 1. The Morgan fingerprint density at radius 1 is 0.857 bits per heavy atom. The van der Waals surface area contributed by atoms with E-state index in [1.807, 2.05) is 84.5 Å². The van der Waals surface area contributed by atoms with Crippen LogP contribution in [0.1, 0.15) is 70.3 Å². The van der Waals surface area contributed by atoms with E-state index in [9.17, 15) is 19.5 Å². The maximum atomic E-state index is 14.2. The molecule has 4 aromatic rings. The quantitative estimate of drug-likeness (QED) is 0.205. The van der Waals surface area contributed by atoms with E-state index >= 15 is 0 Å². The largest absolute Gasteiger partial charge is 0.496 e. The minimum absolute atomic E-state index is 0.0290. The molecule has 1 heterocycles. The number of ether oxygens (including phenoxy) is 1. The van der Waals surface area contributed by atoms with Crippen molar-refractivity contribution < 1.29 is 29.0 Å². The molecule has 3 atom stereocenters. The number of aliphatic carboxylic acids is 1. The van der Waals surface area contributed by atoms with Crippen LogP contribution in [0.3, 0.4) is 0 Å². The van der Waals surface area contributed by atoms with Gasteiger partial charge in [0.15, 0.2) is 0 Å². The van der Waals surface area contributed by atoms with Gasteiger partial charge in [0.25, 0.3) is 5.91 Å². The Balaban J connectivity index is 0.00000230. The maximum absolute atomic E-state index is 14.2. The second-order valence-corrected chi connectivity index (χ2v) is 12.5. The van der Waals surface area contributed by atoms with E-state index in [2.05, 4.69) is 34.9 Å². The molecule has 4 aromatic carbocycles. The van der Waals surface area contributed by atoms with E-state index < -0.39 is 17.4 Å². The fourth-order valence-electron chi connectivity index (χ4n) is 7.35. The molecule has 1 aliphatic carbocycles. The predicted octanol–water partition coefficient (Wildman–Crippen LogP) is 5.51. The van der Waals surface area contributed by atoms with Crippen molar-refractivity contribution in [3.63, 3.8) is 0 Å². The van der Waals surface area contributed by atoms with E-state index in [-0.39, 0.29) is 23.8 Å². The Morgan fingerprint density at radius 2 is 1.47 bits per heavy atom. The molecule has 3 N–H and O–H groups in total. The molecule has 0 bridgehead atoms. The highest BCUT2D eigenvalue weighted by Gasteiger charge is 2.44. The summed E-state index contributed by atoms with van der Waals surface area (Å²) in [5, 5.41) is 16.7. The number of carbonyl (C=O) groups is 4. The summed E-state index contributed by atoms with van der Waals surface area (Å²) < 4.78 is 5.36. The lowest BCUT2D eigenvalue weighted by molar-refractivity contribution is -0.139. The second kappa shape index (κ2) is 16.2. The molecule has 1 fully saturated rings. The van der Waals surface area contributed by atoms with Crippen molar-refractivity contribution in [1.82, 2.24) is 15.5 Å². The fraction of sp³-hybridized carbons (Fsp3) is 0.300. The van der Waals surface area contributed by atoms with Gasteiger partial charge >= 0.3 is 5.97 Å². The minimum Gasteiger partial charge on any atom is -0.496 e. The first-order chi connectivity index (χ1) is 23.9. The first kappa shape index (κ1) is 35.0. The Morgan fingerprint density at radius 3 is 2.14 bits per heavy atom. The van der Waals surface area contributed by atoms with Gasteiger partial charge < -0.3 is 24.9 Å². The van der Waals surface area contributed by atoms with Crippen LogP contribution in [0.25, 0.3) is 0 Å². The number of rotatable bonds is 10. The number of methoxy groups -OCH3 is 1. The van der Waals surface area contributed by atoms with Crippen molar-refractivity contribution in [3.8, 4) is 5.75 Å². The molecule has 1 aliphatic heterocycles. The van der Waals surface area contributed by atoms with Gasteiger partial charge in [0.05, 0.1) is 18.6 Å². The fourth-order valence-corrected chi connectivity index (χ4v) is 7.35. The van der Waals surface area contributed by atoms with Crippen LogP contribution in [-0.4, -0.2) is 67.4 Å². The van der Waals surface area contributed by atoms with Crippen LogP contribution >= 0.6 is 0 Å². The van der Waals surface area contributed by atoms with Crippen molar-refractivity contribution in [3.05, 3.63) is 137 Å². The number of nitrogens with zero attached hydrogens (tertiary/aromatic N) is 1. The Labute approximate surface area is 287 Å². The molecule has 2 amide bonds. The van der Waals surface area contributed by atoms with Crippen molar-refractivity contribution >= 4 is 24.6 Å². The van der Waals surface area contributed by atoms with Gasteiger partial charge in [0.2, 0.25) is 5.91 Å². The van der Waals surface area contributed by atoms with Crippen LogP contribution < -0.4 is 15.4 Å². The summed E-state index contributed by atoms with van der Waals surface area (Å²) >= 11 is 0. The van der Waals surface area contributed by atoms with Gasteiger partial charge in [-0.15, -0.1) is 0 Å². The number of fused-ring (bicyclic) bond motifs is 1. The standard InChI is InChI=1S/C39H41N3O5.CH2O/c1-47-34-19-11-9-17-32(34)36(43)41-29-21-24-42(25-22-29)37(44)31-20-23-39(28-14-6-3-7-15-28,33-18-10-8-16-30(31)33)26-40-35(38(45)46)27-12-4-2-5-13-27;1-2/h2-19,29,31,35,40H,20-26H2,1H3,(H,41,43)(H,45,46);1H2/t31-,35+,39+;/m0./s1. The number of para-hydroxylation sites is 1. The third kappa shape index (κ3) is 7.57. The van der Waals surface area contributed by atoms with Crippen LogP contribution in [-0.2, 0) is 19.8 Å². The number of carbonyl (C=O) groups excluding carboxylic acids is 3. The van der Waals surface area contributed by atoms with Gasteiger partial charge in [-0.1, -0.05) is 97.1 Å². The van der Waals surface area contributed by atoms with Gasteiger partial charge in [-0.2, -0.15) is 0 Å². The van der Waals surface area contributed by atoms with Gasteiger partial charge in [0.1, 0.15) is 18.6 Å². The number of benzene rings is 4. The molecule has 49 heavy (non-hydrogen) atoms. The van der Waals surface area contributed by atoms with Crippen molar-refractivity contribution in [2.45, 2.75) is 49.1 Å². The summed E-state index contributed by atoms with van der Waals surface area (Å²) in [7, 11) is 1.55. The third-order valence-corrected chi connectivity index (χ3v) is 9.82. The lowest BCUT2D eigenvalue weighted by atomic mass is 9.63. The third-order valence-electron chi connectivity index (χ3n) is 9.82. The maximum Gasteiger partial charge on any atom is 0.325 e. The summed E-state index contributed by atoms with van der Waals surface area (Å²) in [6.07, 6.45) is 2.67. The second-order valence-electron chi connectivity index (χ2n) is 12.5. The molecular weight excluding hydrogens is 618 g/mol. The van der Waals surface area contributed by atoms with Crippen LogP contribution in [0.5, 0.6) is 5.75 Å². The van der Waals surface area contributed by atoms with Crippen LogP contribution in [0.15, 0.2) is 109 Å². The smallest absolute Gasteiger partial charge is 0.325 e. The van der Waals surface area contributed by atoms with Crippen molar-refractivity contribution in [2.24, 2.45) is 0 Å². The highest BCUT2D eigenvalue weighted by Crippen LogP contribution is 2.47. The molecule has 0 saturated carbocycles. The number of hydrogen-bond acceptors (Lipinski definition) is 6. The summed E-state index contributed by atoms with van der Waals surface area (Å²) in [6, 6.07) is 33.9. The zero-order chi connectivity index (χ0) is 34.8. The van der Waals surface area contributed by atoms with Crippen molar-refractivity contribution in [2.75, 3.05) is 26.7 Å². The molecule has 9 heteroatoms. The molecule has 1 saturated heterocycles. The molecule has 0 spiro atoms. The number of hydrogen-bond donors (Lipinski definition) is 3. The summed E-state index contributed by atoms with van der Waals surface area (Å²) in [5.74, 6) is -0.758. The number of amides is 2. The SMILES string of the molecule is C=O.COc1ccccc1C(=O)NC1CCN(C(=O)[C@H]2CC[C@@](CN[C@@H](C(=O)O)c3ccccc3)(c3ccccc3)c3ccccc32)CC1. The average Bonchev–Trinajstić information content (AvgIpc) is 3.16. The topological polar surface area (TPSA) is 125 Å². The minimum atomic E-state index is -0.931. The number of carboxylic acid groups (broad SMARTS) is 1. The molecule has 0 aromatic heterocycles. The molecule has 9 nitrogen and oxygen atoms in total. The van der Waals surface area contributed by atoms with Gasteiger partial charge in [-0.05, 0) is 60.1 Å². The monoisotopic (exact) mass is 661 g/mol. The van der Waals surface area contributed by atoms with Crippen molar-refractivity contribution in [1.29, 1.82) is 0 Å². The highest BCUT2D eigenvalue weighted by atomic mass is 16.5. The van der Waals surface area contributed by atoms with Crippen LogP contribution in [0.4, 0.5) is 0 Å². The Bertz CT molecular complexity index is 1720. The van der Waals surface area contributed by atoms with Gasteiger partial charge in [-0.3, -0.25) is 19.7 Å². The van der Waals surface area contributed by atoms with E-state index in [1.54, 1.807) is 19.2 Å². The lowest BCUT2D eigenvalue weighted by Crippen LogP contribution is -2.50. The molecule has 2 aliphatic rings. The first-order valence-electron chi connectivity index (χ1n) is 16.6. The molecule has 6 rings (SSSR count). The normalized spacial score (nSPS) is 19.4. The van der Waals surface area contributed by atoms with E-state index in [0.717, 1.165) is 16.7 Å². The van der Waals surface area contributed by atoms with Gasteiger partial charge in [0, 0.05) is 31.1 Å². The van der Waals surface area contributed by atoms with E-state index in [1.165, 1.54) is 0 Å². The number of nitrogens with one attached hydrogen (secondary N) is 2. The summed E-state index contributed by atoms with van der Waals surface area (Å²) in [4.78, 5) is 49.5. The van der Waals surface area contributed by atoms with E-state index in [0.29, 0.717) is 62.2 Å². The van der Waals surface area contributed by atoms with Crippen LogP contribution in [0, 0.1) is 0 Å². The molecule has 0 radical (unpaired) electrons. The summed E-state index contributed by atoms with van der Waals surface area (Å²) in [5.41, 5.74) is 3.82. The number of piperidine rings is 1. The number of carboxylic acids is 1. The van der Waals surface area contributed by atoms with Gasteiger partial charge in [-0.25, -0.2) is 0 Å². The highest BCUT2D eigenvalue weighted by molar-refractivity contribution is 5.97. The van der Waals surface area contributed by atoms with E-state index in [4.69, 9.17) is 9.53 Å². The predicted molar refractivity (Wildman–Crippen MR) is 188 cm³/mol. The Kier molecular flexibility index (Phi) is 11.6. The Hall–Kier alpha value is -5.28. The zero-order valence-corrected chi connectivity index (χ0v) is 27.7.